The molecular weight excluding hydrogens is 522 g/mol. The first-order chi connectivity index (χ1) is 17.2. The van der Waals surface area contributed by atoms with Gasteiger partial charge in [0, 0.05) is 58.9 Å². The molecule has 3 atom stereocenters. The number of aromatic nitrogens is 1. The maximum atomic E-state index is 14.1. The number of nitrogens with one attached hydrogen (secondary N) is 1. The topological polar surface area (TPSA) is 76.6 Å². The number of benzene rings is 1. The van der Waals surface area contributed by atoms with Crippen LogP contribution in [-0.4, -0.2) is 35.1 Å². The predicted octanol–water partition coefficient (Wildman–Crippen LogP) is 6.91. The van der Waals surface area contributed by atoms with Crippen molar-refractivity contribution >= 4 is 51.3 Å². The number of fused-ring (bicyclic) bond motifs is 1. The van der Waals surface area contributed by atoms with E-state index < -0.39 is 11.9 Å². The summed E-state index contributed by atoms with van der Waals surface area (Å²) in [4.78, 5) is 8.09. The van der Waals surface area contributed by atoms with Crippen molar-refractivity contribution in [2.24, 2.45) is 0 Å². The van der Waals surface area contributed by atoms with Gasteiger partial charge in [-0.15, -0.1) is 11.3 Å². The lowest BCUT2D eigenvalue weighted by Gasteiger charge is -2.35. The van der Waals surface area contributed by atoms with Crippen molar-refractivity contribution in [3.8, 4) is 16.9 Å². The molecule has 0 spiro atoms. The van der Waals surface area contributed by atoms with Crippen LogP contribution in [0.2, 0.25) is 10.0 Å². The fourth-order valence-electron chi connectivity index (χ4n) is 4.86. The Morgan fingerprint density at radius 3 is 2.81 bits per heavy atom. The molecule has 1 unspecified atom stereocenters. The highest BCUT2D eigenvalue weighted by atomic mass is 35.5. The maximum Gasteiger partial charge on any atom is 0.205 e. The first-order valence-electron chi connectivity index (χ1n) is 11.7. The van der Waals surface area contributed by atoms with Crippen LogP contribution in [0.1, 0.15) is 37.3 Å². The molecule has 3 aromatic heterocycles. The molecule has 1 aliphatic rings. The molecule has 0 saturated carbocycles. The second kappa shape index (κ2) is 10.2. The van der Waals surface area contributed by atoms with E-state index in [1.165, 1.54) is 17.0 Å². The Bertz CT molecular complexity index is 1400. The fourth-order valence-corrected chi connectivity index (χ4v) is 6.47. The molecule has 190 valence electrons. The number of rotatable bonds is 6. The molecule has 1 aromatic carbocycles. The lowest BCUT2D eigenvalue weighted by atomic mass is 10.1. The summed E-state index contributed by atoms with van der Waals surface area (Å²) < 4.78 is 26.1. The average molecular weight is 549 g/mol. The smallest absolute Gasteiger partial charge is 0.205 e. The molecule has 3 N–H and O–H groups in total. The van der Waals surface area contributed by atoms with E-state index in [2.05, 4.69) is 40.5 Å². The number of nitrogens with two attached hydrogens (primary N) is 1. The fraction of sp³-hybridized carbons (Fsp3) is 0.346. The van der Waals surface area contributed by atoms with Gasteiger partial charge in [0.05, 0.1) is 16.7 Å². The Labute approximate surface area is 223 Å². The SMILES string of the molecule is CC(Oc1c(N)ncc2c(-c3csc(CN4C[C@@H](C)N[C@@H](C)C4)c3)coc12)c1c(Cl)ccc(F)c1Cl. The minimum absolute atomic E-state index is 0.0899. The largest absolute Gasteiger partial charge is 0.478 e. The van der Waals surface area contributed by atoms with E-state index in [4.69, 9.17) is 38.1 Å². The Morgan fingerprint density at radius 1 is 1.31 bits per heavy atom. The second-order valence-corrected chi connectivity index (χ2v) is 11.1. The quantitative estimate of drug-likeness (QED) is 0.255. The normalized spacial score (nSPS) is 19.6. The van der Waals surface area contributed by atoms with Crippen LogP contribution < -0.4 is 15.8 Å². The van der Waals surface area contributed by atoms with Crippen LogP contribution in [0.4, 0.5) is 10.2 Å². The molecule has 36 heavy (non-hydrogen) atoms. The Balaban J connectivity index is 1.42. The van der Waals surface area contributed by atoms with Gasteiger partial charge in [0.2, 0.25) is 5.75 Å². The second-order valence-electron chi connectivity index (χ2n) is 9.35. The summed E-state index contributed by atoms with van der Waals surface area (Å²) in [6.07, 6.45) is 2.67. The molecule has 1 aliphatic heterocycles. The number of thiophene rings is 1. The Morgan fingerprint density at radius 2 is 2.06 bits per heavy atom. The Kier molecular flexibility index (Phi) is 7.16. The number of halogens is 3. The van der Waals surface area contributed by atoms with Crippen molar-refractivity contribution in [3.63, 3.8) is 0 Å². The van der Waals surface area contributed by atoms with Crippen molar-refractivity contribution in [2.45, 2.75) is 45.5 Å². The molecule has 5 rings (SSSR count). The number of furan rings is 1. The average Bonchev–Trinajstić information content (AvgIpc) is 3.44. The van der Waals surface area contributed by atoms with Gasteiger partial charge in [-0.2, -0.15) is 0 Å². The lowest BCUT2D eigenvalue weighted by Crippen LogP contribution is -2.53. The van der Waals surface area contributed by atoms with Gasteiger partial charge in [0.1, 0.15) is 11.9 Å². The lowest BCUT2D eigenvalue weighted by molar-refractivity contribution is 0.168. The zero-order valence-electron chi connectivity index (χ0n) is 20.1. The number of ether oxygens (including phenoxy) is 1. The van der Waals surface area contributed by atoms with E-state index >= 15 is 0 Å². The molecule has 4 aromatic rings. The van der Waals surface area contributed by atoms with Gasteiger partial charge in [-0.05, 0) is 49.9 Å². The van der Waals surface area contributed by atoms with Crippen LogP contribution in [0.5, 0.6) is 5.75 Å². The van der Waals surface area contributed by atoms with Gasteiger partial charge in [0.15, 0.2) is 11.4 Å². The first-order valence-corrected chi connectivity index (χ1v) is 13.4. The third-order valence-corrected chi connectivity index (χ3v) is 7.99. The highest BCUT2D eigenvalue weighted by molar-refractivity contribution is 7.10. The van der Waals surface area contributed by atoms with Crippen molar-refractivity contribution in [1.82, 2.24) is 15.2 Å². The van der Waals surface area contributed by atoms with Gasteiger partial charge >= 0.3 is 0 Å². The minimum Gasteiger partial charge on any atom is -0.478 e. The molecule has 0 aliphatic carbocycles. The van der Waals surface area contributed by atoms with Crippen molar-refractivity contribution in [1.29, 1.82) is 0 Å². The van der Waals surface area contributed by atoms with Crippen LogP contribution in [-0.2, 0) is 6.54 Å². The van der Waals surface area contributed by atoms with E-state index in [9.17, 15) is 4.39 Å². The summed E-state index contributed by atoms with van der Waals surface area (Å²) >= 11 is 14.2. The number of piperazine rings is 1. The third kappa shape index (κ3) is 4.93. The first kappa shape index (κ1) is 25.3. The maximum absolute atomic E-state index is 14.1. The molecule has 0 amide bonds. The summed E-state index contributed by atoms with van der Waals surface area (Å²) in [5.41, 5.74) is 8.90. The van der Waals surface area contributed by atoms with E-state index in [-0.39, 0.29) is 16.6 Å². The van der Waals surface area contributed by atoms with Gasteiger partial charge in [-0.3, -0.25) is 4.90 Å². The molecule has 0 radical (unpaired) electrons. The van der Waals surface area contributed by atoms with Crippen LogP contribution in [0.15, 0.2) is 40.5 Å². The molecular formula is C26H27Cl2FN4O2S. The van der Waals surface area contributed by atoms with Gasteiger partial charge in [0.25, 0.3) is 0 Å². The van der Waals surface area contributed by atoms with Crippen LogP contribution in [0.3, 0.4) is 0 Å². The number of anilines is 1. The highest BCUT2D eigenvalue weighted by Gasteiger charge is 2.24. The monoisotopic (exact) mass is 548 g/mol. The third-order valence-electron chi connectivity index (χ3n) is 6.36. The van der Waals surface area contributed by atoms with Gasteiger partial charge < -0.3 is 20.2 Å². The van der Waals surface area contributed by atoms with E-state index in [1.807, 2.05) is 0 Å². The zero-order chi connectivity index (χ0) is 25.6. The molecule has 0 bridgehead atoms. The highest BCUT2D eigenvalue weighted by Crippen LogP contribution is 2.42. The van der Waals surface area contributed by atoms with Crippen molar-refractivity contribution in [3.05, 3.63) is 62.3 Å². The molecule has 1 fully saturated rings. The van der Waals surface area contributed by atoms with Gasteiger partial charge in [-0.25, -0.2) is 9.37 Å². The number of hydrogen-bond donors (Lipinski definition) is 2. The summed E-state index contributed by atoms with van der Waals surface area (Å²) in [5.74, 6) is -0.150. The number of hydrogen-bond acceptors (Lipinski definition) is 7. The molecule has 6 nitrogen and oxygen atoms in total. The molecule has 10 heteroatoms. The summed E-state index contributed by atoms with van der Waals surface area (Å²) in [7, 11) is 0. The van der Waals surface area contributed by atoms with E-state index in [0.717, 1.165) is 36.1 Å². The van der Waals surface area contributed by atoms with E-state index in [1.54, 1.807) is 30.7 Å². The van der Waals surface area contributed by atoms with Crippen molar-refractivity contribution in [2.75, 3.05) is 18.8 Å². The minimum atomic E-state index is -0.694. The molecule has 4 heterocycles. The Hall–Kier alpha value is -2.36. The van der Waals surface area contributed by atoms with Crippen LogP contribution in [0.25, 0.3) is 22.1 Å². The van der Waals surface area contributed by atoms with Crippen LogP contribution >= 0.6 is 34.5 Å². The van der Waals surface area contributed by atoms with Crippen LogP contribution in [0, 0.1) is 5.82 Å². The number of nitrogen functional groups attached to an aromatic ring is 1. The molecule has 1 saturated heterocycles. The number of nitrogens with zero attached hydrogens (tertiary/aromatic N) is 2. The van der Waals surface area contributed by atoms with Crippen molar-refractivity contribution < 1.29 is 13.5 Å². The van der Waals surface area contributed by atoms with E-state index in [0.29, 0.717) is 28.3 Å². The predicted molar refractivity (Wildman–Crippen MR) is 145 cm³/mol. The summed E-state index contributed by atoms with van der Waals surface area (Å²) in [6, 6.07) is 5.80. The summed E-state index contributed by atoms with van der Waals surface area (Å²) in [5, 5.41) is 6.68. The zero-order valence-corrected chi connectivity index (χ0v) is 22.5. The number of pyridine rings is 1. The standard InChI is InChI=1S/C26H27Cl2FN4O2S/c1-13-8-33(9-14(2)32-13)10-17-6-16(12-36-17)19-11-34-24-18(19)7-31-26(30)25(24)35-15(3)22-20(27)4-5-21(29)23(22)28/h4-7,11-15,32H,8-10H2,1-3H3,(H2,30,31)/t13-,14+,15?. The summed E-state index contributed by atoms with van der Waals surface area (Å²) in [6.45, 7) is 9.10. The van der Waals surface area contributed by atoms with Gasteiger partial charge in [-0.1, -0.05) is 23.2 Å².